The van der Waals surface area contributed by atoms with E-state index in [1.807, 2.05) is 19.1 Å². The maximum Gasteiger partial charge on any atom is 0.178 e. The molecule has 3 nitrogen and oxygen atoms in total. The number of pyridine rings is 1. The average Bonchev–Trinajstić information content (AvgIpc) is 2.52. The Labute approximate surface area is 140 Å². The van der Waals surface area contributed by atoms with Crippen molar-refractivity contribution in [2.24, 2.45) is 10.4 Å². The van der Waals surface area contributed by atoms with Gasteiger partial charge in [0.2, 0.25) is 0 Å². The minimum atomic E-state index is -0.0814. The molecule has 0 amide bonds. The summed E-state index contributed by atoms with van der Waals surface area (Å²) >= 11 is 0. The number of ketones is 1. The van der Waals surface area contributed by atoms with Crippen molar-refractivity contribution in [1.82, 2.24) is 4.98 Å². The van der Waals surface area contributed by atoms with Gasteiger partial charge in [-0.25, -0.2) is 4.98 Å². The van der Waals surface area contributed by atoms with E-state index < -0.39 is 0 Å². The van der Waals surface area contributed by atoms with Crippen molar-refractivity contribution in [1.29, 1.82) is 0 Å². The Hall–Kier alpha value is -2.29. The molecule has 0 aliphatic carbocycles. The number of Topliss-reactive ketones (excluding diaryl/α,β-unsaturated/α-hetero) is 1. The monoisotopic (exact) mass is 311 g/mol. The van der Waals surface area contributed by atoms with Gasteiger partial charge in [0.05, 0.1) is 17.1 Å². The van der Waals surface area contributed by atoms with Gasteiger partial charge in [-0.3, -0.25) is 9.79 Å². The number of carbonyl (C=O) groups excluding carboxylic acids is 1. The van der Waals surface area contributed by atoms with Gasteiger partial charge in [-0.15, -0.1) is 13.2 Å². The molecule has 0 fully saturated rings. The van der Waals surface area contributed by atoms with Crippen LogP contribution in [0.2, 0.25) is 0 Å². The number of aromatic nitrogens is 1. The molecule has 123 valence electrons. The van der Waals surface area contributed by atoms with Crippen molar-refractivity contribution in [2.75, 3.05) is 0 Å². The number of nitrogens with zero attached hydrogens (tertiary/aromatic N) is 2. The largest absolute Gasteiger partial charge is 0.293 e. The highest BCUT2D eigenvalue weighted by atomic mass is 16.1. The van der Waals surface area contributed by atoms with E-state index in [9.17, 15) is 4.79 Å². The molecular formula is C20H27N2O. The van der Waals surface area contributed by atoms with Gasteiger partial charge in [-0.05, 0) is 37.0 Å². The van der Waals surface area contributed by atoms with Gasteiger partial charge >= 0.3 is 0 Å². The highest BCUT2D eigenvalue weighted by Gasteiger charge is 2.18. The second kappa shape index (κ2) is 8.99. The normalized spacial score (nSPS) is 12.3. The van der Waals surface area contributed by atoms with E-state index >= 15 is 0 Å². The minimum Gasteiger partial charge on any atom is -0.293 e. The number of aliphatic imine (C=N–C) groups is 1. The Morgan fingerprint density at radius 3 is 2.13 bits per heavy atom. The first-order valence-corrected chi connectivity index (χ1v) is 7.39. The molecule has 1 rings (SSSR count). The Bertz CT molecular complexity index is 631. The zero-order valence-electron chi connectivity index (χ0n) is 14.9. The molecule has 23 heavy (non-hydrogen) atoms. The summed E-state index contributed by atoms with van der Waals surface area (Å²) in [6.45, 7) is 23.5. The molecule has 0 aromatic carbocycles. The van der Waals surface area contributed by atoms with Crippen LogP contribution in [0.25, 0.3) is 0 Å². The number of allylic oxidation sites excluding steroid dienone is 2. The summed E-state index contributed by atoms with van der Waals surface area (Å²) in [7, 11) is 0. The van der Waals surface area contributed by atoms with Crippen molar-refractivity contribution in [2.45, 2.75) is 34.6 Å². The fourth-order valence-electron chi connectivity index (χ4n) is 1.69. The van der Waals surface area contributed by atoms with E-state index in [1.54, 1.807) is 12.1 Å². The molecule has 1 radical (unpaired) electrons. The first-order chi connectivity index (χ1) is 10.7. The van der Waals surface area contributed by atoms with Crippen LogP contribution >= 0.6 is 0 Å². The highest BCUT2D eigenvalue weighted by molar-refractivity contribution is 5.99. The summed E-state index contributed by atoms with van der Waals surface area (Å²) in [5.41, 5.74) is 3.44. The summed E-state index contributed by atoms with van der Waals surface area (Å²) in [5, 5.41) is 0. The number of rotatable bonds is 4. The van der Waals surface area contributed by atoms with Crippen molar-refractivity contribution >= 4 is 11.5 Å². The molecule has 0 spiro atoms. The van der Waals surface area contributed by atoms with Crippen LogP contribution in [0.15, 0.2) is 60.3 Å². The van der Waals surface area contributed by atoms with Crippen LogP contribution in [0.1, 0.15) is 50.8 Å². The third-order valence-electron chi connectivity index (χ3n) is 3.18. The minimum absolute atomic E-state index is 0.0586. The molecule has 1 heterocycles. The van der Waals surface area contributed by atoms with E-state index in [1.165, 1.54) is 6.92 Å². The SMILES string of the molecule is C=C.[CH2]/C=C(/N=C(C)c1cccc(C(C)=O)n1)C(=C)C(C)(C)C. The fraction of sp³-hybridized carbons (Fsp3) is 0.300. The fourth-order valence-corrected chi connectivity index (χ4v) is 1.69. The molecule has 1 aromatic heterocycles. The number of hydrogen-bond donors (Lipinski definition) is 0. The molecule has 1 aromatic rings. The molecule has 0 saturated carbocycles. The Balaban J connectivity index is 0.00000232. The molecule has 0 bridgehead atoms. The smallest absolute Gasteiger partial charge is 0.178 e. The van der Waals surface area contributed by atoms with Gasteiger partial charge in [0, 0.05) is 6.92 Å². The van der Waals surface area contributed by atoms with Crippen LogP contribution in [0.3, 0.4) is 0 Å². The van der Waals surface area contributed by atoms with Crippen LogP contribution in [0, 0.1) is 12.3 Å². The first kappa shape index (κ1) is 20.7. The molecule has 0 N–H and O–H groups in total. The van der Waals surface area contributed by atoms with Gasteiger partial charge in [0.25, 0.3) is 0 Å². The van der Waals surface area contributed by atoms with Gasteiger partial charge in [-0.2, -0.15) is 0 Å². The second-order valence-electron chi connectivity index (χ2n) is 5.98. The summed E-state index contributed by atoms with van der Waals surface area (Å²) in [6.07, 6.45) is 1.70. The lowest BCUT2D eigenvalue weighted by atomic mass is 9.85. The second-order valence-corrected chi connectivity index (χ2v) is 5.98. The lowest BCUT2D eigenvalue weighted by molar-refractivity contribution is 0.101. The van der Waals surface area contributed by atoms with Gasteiger partial charge in [0.1, 0.15) is 5.69 Å². The van der Waals surface area contributed by atoms with Crippen molar-refractivity contribution in [3.8, 4) is 0 Å². The third kappa shape index (κ3) is 6.15. The number of carbonyl (C=O) groups is 1. The molecule has 0 aliphatic heterocycles. The van der Waals surface area contributed by atoms with Crippen LogP contribution in [-0.4, -0.2) is 16.5 Å². The standard InChI is InChI=1S/C18H23N2O.C2H4/c1-8-15(12(2)18(5,6)7)19-13(3)16-10-9-11-17(20-16)14(4)21;1-2/h8-11H,1-2H2,3-7H3;1-2H2/b15-8+,19-13?;. The van der Waals surface area contributed by atoms with Gasteiger partial charge in [-0.1, -0.05) is 39.5 Å². The number of hydrogen-bond acceptors (Lipinski definition) is 3. The Kier molecular flexibility index (Phi) is 8.09. The summed E-state index contributed by atoms with van der Waals surface area (Å²) in [4.78, 5) is 20.3. The topological polar surface area (TPSA) is 42.3 Å². The first-order valence-electron chi connectivity index (χ1n) is 7.39. The lowest BCUT2D eigenvalue weighted by Crippen LogP contribution is -2.11. The predicted octanol–water partition coefficient (Wildman–Crippen LogP) is 5.22. The Morgan fingerprint density at radius 2 is 1.70 bits per heavy atom. The maximum absolute atomic E-state index is 11.4. The van der Waals surface area contributed by atoms with Crippen LogP contribution in [-0.2, 0) is 0 Å². The van der Waals surface area contributed by atoms with E-state index in [0.717, 1.165) is 17.0 Å². The van der Waals surface area contributed by atoms with Gasteiger partial charge in [0.15, 0.2) is 5.78 Å². The van der Waals surface area contributed by atoms with E-state index in [2.05, 4.69) is 57.4 Å². The predicted molar refractivity (Wildman–Crippen MR) is 99.7 cm³/mol. The van der Waals surface area contributed by atoms with Crippen molar-refractivity contribution < 1.29 is 4.79 Å². The zero-order chi connectivity index (χ0) is 18.2. The summed E-state index contributed by atoms with van der Waals surface area (Å²) < 4.78 is 0. The van der Waals surface area contributed by atoms with Gasteiger partial charge < -0.3 is 0 Å². The van der Waals surface area contributed by atoms with E-state index in [0.29, 0.717) is 11.4 Å². The van der Waals surface area contributed by atoms with Crippen LogP contribution in [0.4, 0.5) is 0 Å². The summed E-state index contributed by atoms with van der Waals surface area (Å²) in [6, 6.07) is 5.35. The molecule has 0 aliphatic rings. The Morgan fingerprint density at radius 1 is 1.17 bits per heavy atom. The van der Waals surface area contributed by atoms with E-state index in [-0.39, 0.29) is 11.2 Å². The van der Waals surface area contributed by atoms with E-state index in [4.69, 9.17) is 0 Å². The average molecular weight is 311 g/mol. The quantitative estimate of drug-likeness (QED) is 0.331. The molecule has 3 heteroatoms. The third-order valence-corrected chi connectivity index (χ3v) is 3.18. The van der Waals surface area contributed by atoms with Crippen LogP contribution in [0.5, 0.6) is 0 Å². The summed E-state index contributed by atoms with van der Waals surface area (Å²) in [5.74, 6) is -0.0586. The molecule has 0 saturated heterocycles. The molecule has 0 unspecified atom stereocenters. The lowest BCUT2D eigenvalue weighted by Gasteiger charge is -2.22. The maximum atomic E-state index is 11.4. The van der Waals surface area contributed by atoms with Crippen LogP contribution < -0.4 is 0 Å². The van der Waals surface area contributed by atoms with Crippen molar-refractivity contribution in [3.05, 3.63) is 73.6 Å². The van der Waals surface area contributed by atoms with Crippen molar-refractivity contribution in [3.63, 3.8) is 0 Å². The molecular weight excluding hydrogens is 284 g/mol. The molecule has 0 atom stereocenters. The highest BCUT2D eigenvalue weighted by Crippen LogP contribution is 2.30. The zero-order valence-corrected chi connectivity index (χ0v) is 14.9.